The number of rotatable bonds is 4. The second-order valence-corrected chi connectivity index (χ2v) is 4.94. The van der Waals surface area contributed by atoms with Crippen LogP contribution in [-0.2, 0) is 0 Å². The Hall–Kier alpha value is -1.86. The van der Waals surface area contributed by atoms with Gasteiger partial charge in [-0.3, -0.25) is 0 Å². The van der Waals surface area contributed by atoms with E-state index in [-0.39, 0.29) is 24.7 Å². The van der Waals surface area contributed by atoms with Crippen molar-refractivity contribution in [3.8, 4) is 0 Å². The SMILES string of the molecule is O=C(O)c1ccc(C(=O)O)o1.OCC1CCCCC1CO. The van der Waals surface area contributed by atoms with E-state index in [1.165, 1.54) is 12.8 Å². The third kappa shape index (κ3) is 5.20. The molecule has 0 saturated heterocycles. The summed E-state index contributed by atoms with van der Waals surface area (Å²) in [5.41, 5.74) is 0. The van der Waals surface area contributed by atoms with Crippen LogP contribution in [0.3, 0.4) is 0 Å². The van der Waals surface area contributed by atoms with Gasteiger partial charge in [0.05, 0.1) is 0 Å². The molecule has 0 amide bonds. The van der Waals surface area contributed by atoms with Crippen molar-refractivity contribution < 1.29 is 34.4 Å². The number of hydrogen-bond acceptors (Lipinski definition) is 5. The second kappa shape index (κ2) is 8.43. The van der Waals surface area contributed by atoms with E-state index in [1.54, 1.807) is 0 Å². The van der Waals surface area contributed by atoms with Crippen molar-refractivity contribution in [2.45, 2.75) is 25.7 Å². The predicted octanol–water partition coefficient (Wildman–Crippen LogP) is 1.45. The maximum absolute atomic E-state index is 10.2. The average Bonchev–Trinajstić information content (AvgIpc) is 2.98. The first kappa shape index (κ1) is 17.2. The monoisotopic (exact) mass is 300 g/mol. The summed E-state index contributed by atoms with van der Waals surface area (Å²) in [5, 5.41) is 34.3. The van der Waals surface area contributed by atoms with Crippen molar-refractivity contribution in [3.05, 3.63) is 23.7 Å². The van der Waals surface area contributed by atoms with Crippen LogP contribution in [0.1, 0.15) is 46.8 Å². The first-order valence-corrected chi connectivity index (χ1v) is 6.77. The van der Waals surface area contributed by atoms with Crippen LogP contribution in [0.25, 0.3) is 0 Å². The molecular weight excluding hydrogens is 280 g/mol. The highest BCUT2D eigenvalue weighted by molar-refractivity contribution is 5.88. The van der Waals surface area contributed by atoms with Gasteiger partial charge in [-0.25, -0.2) is 9.59 Å². The lowest BCUT2D eigenvalue weighted by Gasteiger charge is -2.28. The van der Waals surface area contributed by atoms with Crippen molar-refractivity contribution in [3.63, 3.8) is 0 Å². The highest BCUT2D eigenvalue weighted by Gasteiger charge is 2.23. The van der Waals surface area contributed by atoms with E-state index >= 15 is 0 Å². The zero-order valence-corrected chi connectivity index (χ0v) is 11.6. The van der Waals surface area contributed by atoms with Gasteiger partial charge in [0.2, 0.25) is 11.5 Å². The zero-order chi connectivity index (χ0) is 15.8. The molecule has 1 fully saturated rings. The highest BCUT2D eigenvalue weighted by Crippen LogP contribution is 2.28. The minimum atomic E-state index is -1.28. The number of aromatic carboxylic acids is 2. The van der Waals surface area contributed by atoms with Crippen LogP contribution in [-0.4, -0.2) is 45.6 Å². The molecule has 1 aliphatic rings. The third-order valence-corrected chi connectivity index (χ3v) is 3.56. The van der Waals surface area contributed by atoms with Crippen molar-refractivity contribution in [1.82, 2.24) is 0 Å². The van der Waals surface area contributed by atoms with E-state index in [2.05, 4.69) is 4.42 Å². The Balaban J connectivity index is 0.000000211. The summed E-state index contributed by atoms with van der Waals surface area (Å²) in [6.45, 7) is 0.510. The fraction of sp³-hybridized carbons (Fsp3) is 0.571. The summed E-state index contributed by atoms with van der Waals surface area (Å²) in [6, 6.07) is 2.18. The van der Waals surface area contributed by atoms with Crippen LogP contribution >= 0.6 is 0 Å². The molecule has 0 radical (unpaired) electrons. The Bertz CT molecular complexity index is 425. The molecule has 2 rings (SSSR count). The molecule has 1 heterocycles. The van der Waals surface area contributed by atoms with Gasteiger partial charge in [-0.2, -0.15) is 0 Å². The van der Waals surface area contributed by atoms with Gasteiger partial charge < -0.3 is 24.8 Å². The van der Waals surface area contributed by atoms with E-state index in [0.717, 1.165) is 25.0 Å². The molecule has 1 saturated carbocycles. The summed E-state index contributed by atoms with van der Waals surface area (Å²) in [5.74, 6) is -2.56. The molecule has 1 aromatic rings. The molecule has 0 spiro atoms. The first-order valence-electron chi connectivity index (χ1n) is 6.77. The van der Waals surface area contributed by atoms with E-state index in [1.807, 2.05) is 0 Å². The first-order chi connectivity index (χ1) is 9.99. The second-order valence-electron chi connectivity index (χ2n) is 4.94. The van der Waals surface area contributed by atoms with E-state index in [9.17, 15) is 9.59 Å². The van der Waals surface area contributed by atoms with Crippen LogP contribution in [0.5, 0.6) is 0 Å². The molecule has 7 nitrogen and oxygen atoms in total. The van der Waals surface area contributed by atoms with E-state index in [4.69, 9.17) is 20.4 Å². The fourth-order valence-electron chi connectivity index (χ4n) is 2.33. The van der Waals surface area contributed by atoms with Gasteiger partial charge in [-0.15, -0.1) is 0 Å². The molecule has 7 heteroatoms. The Morgan fingerprint density at radius 1 is 0.952 bits per heavy atom. The number of aliphatic hydroxyl groups is 2. The standard InChI is InChI=1S/C8H16O2.C6H4O5/c9-5-7-3-1-2-4-8(7)6-10;7-5(8)3-1-2-4(11-3)6(9)10/h7-10H,1-6H2;1-2H,(H,7,8)(H,9,10). The summed E-state index contributed by atoms with van der Waals surface area (Å²) < 4.78 is 4.41. The van der Waals surface area contributed by atoms with Gasteiger partial charge in [-0.1, -0.05) is 12.8 Å². The molecule has 1 aromatic heterocycles. The van der Waals surface area contributed by atoms with Gasteiger partial charge in [0, 0.05) is 13.2 Å². The zero-order valence-electron chi connectivity index (χ0n) is 11.6. The molecule has 0 aliphatic heterocycles. The van der Waals surface area contributed by atoms with Crippen LogP contribution in [0.15, 0.2) is 16.5 Å². The summed E-state index contributed by atoms with van der Waals surface area (Å²) >= 11 is 0. The highest BCUT2D eigenvalue weighted by atomic mass is 16.4. The molecule has 2 atom stereocenters. The predicted molar refractivity (Wildman–Crippen MR) is 72.2 cm³/mol. The Labute approximate surface area is 121 Å². The maximum Gasteiger partial charge on any atom is 0.371 e. The third-order valence-electron chi connectivity index (χ3n) is 3.56. The minimum Gasteiger partial charge on any atom is -0.475 e. The molecule has 0 bridgehead atoms. The van der Waals surface area contributed by atoms with Gasteiger partial charge in [-0.05, 0) is 36.8 Å². The normalized spacial score (nSPS) is 21.2. The lowest BCUT2D eigenvalue weighted by molar-refractivity contribution is 0.0631. The van der Waals surface area contributed by atoms with Gasteiger partial charge in [0.15, 0.2) is 0 Å². The Kier molecular flexibility index (Phi) is 6.90. The lowest BCUT2D eigenvalue weighted by atomic mass is 9.80. The smallest absolute Gasteiger partial charge is 0.371 e. The number of carboxylic acid groups (broad SMARTS) is 2. The summed E-state index contributed by atoms with van der Waals surface area (Å²) in [6.07, 6.45) is 4.65. The van der Waals surface area contributed by atoms with Gasteiger partial charge in [0.25, 0.3) is 0 Å². The van der Waals surface area contributed by atoms with Crippen molar-refractivity contribution in [2.75, 3.05) is 13.2 Å². The molecule has 4 N–H and O–H groups in total. The number of furan rings is 1. The van der Waals surface area contributed by atoms with E-state index < -0.39 is 11.9 Å². The number of hydrogen-bond donors (Lipinski definition) is 4. The van der Waals surface area contributed by atoms with Crippen molar-refractivity contribution in [2.24, 2.45) is 11.8 Å². The molecule has 0 aromatic carbocycles. The number of aliphatic hydroxyl groups excluding tert-OH is 2. The van der Waals surface area contributed by atoms with Crippen LogP contribution in [0.4, 0.5) is 0 Å². The van der Waals surface area contributed by atoms with Crippen molar-refractivity contribution >= 4 is 11.9 Å². The van der Waals surface area contributed by atoms with Crippen LogP contribution in [0, 0.1) is 11.8 Å². The number of carboxylic acids is 2. The molecular formula is C14H20O7. The maximum atomic E-state index is 10.2. The molecule has 1 aliphatic carbocycles. The van der Waals surface area contributed by atoms with E-state index in [0.29, 0.717) is 11.8 Å². The molecule has 118 valence electrons. The summed E-state index contributed by atoms with van der Waals surface area (Å²) in [7, 11) is 0. The average molecular weight is 300 g/mol. The lowest BCUT2D eigenvalue weighted by Crippen LogP contribution is -2.25. The van der Waals surface area contributed by atoms with Crippen LogP contribution < -0.4 is 0 Å². The fourth-order valence-corrected chi connectivity index (χ4v) is 2.33. The quantitative estimate of drug-likeness (QED) is 0.662. The topological polar surface area (TPSA) is 128 Å². The minimum absolute atomic E-state index is 0.255. The summed E-state index contributed by atoms with van der Waals surface area (Å²) in [4.78, 5) is 20.3. The Morgan fingerprint density at radius 2 is 1.33 bits per heavy atom. The number of carbonyl (C=O) groups is 2. The molecule has 21 heavy (non-hydrogen) atoms. The molecule has 2 unspecified atom stereocenters. The Morgan fingerprint density at radius 3 is 1.57 bits per heavy atom. The van der Waals surface area contributed by atoms with Crippen molar-refractivity contribution in [1.29, 1.82) is 0 Å². The largest absolute Gasteiger partial charge is 0.475 e. The van der Waals surface area contributed by atoms with Gasteiger partial charge >= 0.3 is 11.9 Å². The van der Waals surface area contributed by atoms with Gasteiger partial charge in [0.1, 0.15) is 0 Å². The van der Waals surface area contributed by atoms with Crippen LogP contribution in [0.2, 0.25) is 0 Å².